The summed E-state index contributed by atoms with van der Waals surface area (Å²) < 4.78 is 0. The third-order valence-electron chi connectivity index (χ3n) is 4.24. The van der Waals surface area contributed by atoms with Gasteiger partial charge in [-0.25, -0.2) is 4.79 Å². The minimum absolute atomic E-state index is 0.0407. The van der Waals surface area contributed by atoms with E-state index in [1.54, 1.807) is 14.0 Å². The molecule has 0 spiro atoms. The maximum atomic E-state index is 11.8. The first-order chi connectivity index (χ1) is 10.9. The van der Waals surface area contributed by atoms with Crippen LogP contribution in [0.1, 0.15) is 45.4 Å². The van der Waals surface area contributed by atoms with Crippen molar-refractivity contribution in [2.75, 3.05) is 26.7 Å². The fourth-order valence-electron chi connectivity index (χ4n) is 2.80. The van der Waals surface area contributed by atoms with E-state index in [0.29, 0.717) is 25.4 Å². The average Bonchev–Trinajstić information content (AvgIpc) is 2.52. The first kappa shape index (κ1) is 19.3. The molecular weight excluding hydrogens is 298 g/mol. The topological polar surface area (TPSA) is 98.7 Å². The fourth-order valence-corrected chi connectivity index (χ4v) is 2.80. The van der Waals surface area contributed by atoms with Crippen molar-refractivity contribution >= 4 is 17.9 Å². The van der Waals surface area contributed by atoms with Gasteiger partial charge in [-0.1, -0.05) is 26.2 Å². The highest BCUT2D eigenvalue weighted by Crippen LogP contribution is 2.25. The predicted octanol–water partition coefficient (Wildman–Crippen LogP) is 1.44. The minimum atomic E-state index is -0.931. The summed E-state index contributed by atoms with van der Waals surface area (Å²) in [6.45, 7) is 2.42. The Bertz CT molecular complexity index is 408. The predicted molar refractivity (Wildman–Crippen MR) is 87.0 cm³/mol. The van der Waals surface area contributed by atoms with Crippen molar-refractivity contribution in [2.24, 2.45) is 11.8 Å². The van der Waals surface area contributed by atoms with Crippen LogP contribution in [-0.2, 0) is 9.59 Å². The zero-order valence-electron chi connectivity index (χ0n) is 14.1. The second kappa shape index (κ2) is 10.1. The van der Waals surface area contributed by atoms with Gasteiger partial charge in [0.25, 0.3) is 0 Å². The maximum Gasteiger partial charge on any atom is 0.317 e. The molecule has 7 heteroatoms. The summed E-state index contributed by atoms with van der Waals surface area (Å²) >= 11 is 0. The van der Waals surface area contributed by atoms with Gasteiger partial charge in [-0.2, -0.15) is 0 Å². The maximum absolute atomic E-state index is 11.8. The number of urea groups is 1. The number of nitrogens with one attached hydrogen (secondary N) is 2. The van der Waals surface area contributed by atoms with E-state index in [2.05, 4.69) is 10.6 Å². The van der Waals surface area contributed by atoms with Gasteiger partial charge in [-0.05, 0) is 18.8 Å². The molecule has 132 valence electrons. The Morgan fingerprint density at radius 1 is 1.13 bits per heavy atom. The lowest BCUT2D eigenvalue weighted by molar-refractivity contribution is -0.141. The highest BCUT2D eigenvalue weighted by atomic mass is 16.4. The van der Waals surface area contributed by atoms with E-state index in [0.717, 1.165) is 12.8 Å². The molecule has 3 amide bonds. The lowest BCUT2D eigenvalue weighted by atomic mass is 9.87. The summed E-state index contributed by atoms with van der Waals surface area (Å²) in [5, 5.41) is 14.3. The van der Waals surface area contributed by atoms with E-state index < -0.39 is 11.9 Å². The molecule has 0 heterocycles. The zero-order valence-corrected chi connectivity index (χ0v) is 14.1. The molecule has 0 aromatic carbocycles. The first-order valence-electron chi connectivity index (χ1n) is 8.38. The molecule has 1 aliphatic rings. The Morgan fingerprint density at radius 3 is 2.35 bits per heavy atom. The zero-order chi connectivity index (χ0) is 17.2. The first-order valence-corrected chi connectivity index (χ1v) is 8.38. The van der Waals surface area contributed by atoms with Gasteiger partial charge < -0.3 is 20.6 Å². The minimum Gasteiger partial charge on any atom is -0.481 e. The number of carboxylic acid groups (broad SMARTS) is 1. The van der Waals surface area contributed by atoms with Gasteiger partial charge in [-0.3, -0.25) is 9.59 Å². The smallest absolute Gasteiger partial charge is 0.317 e. The molecule has 3 N–H and O–H groups in total. The van der Waals surface area contributed by atoms with Crippen LogP contribution in [0.25, 0.3) is 0 Å². The van der Waals surface area contributed by atoms with E-state index in [9.17, 15) is 14.4 Å². The standard InChI is InChI=1S/C16H29N3O4/c1-12(15(21)22)11-19(2)16(23)18-9-8-17-14(20)10-13-6-4-3-5-7-13/h12-13H,3-11H2,1-2H3,(H,17,20)(H,18,23)(H,21,22). The summed E-state index contributed by atoms with van der Waals surface area (Å²) in [5.74, 6) is -0.999. The SMILES string of the molecule is CC(CN(C)C(=O)NCCNC(=O)CC1CCCCC1)C(=O)O. The molecule has 0 bridgehead atoms. The number of hydrogen-bond donors (Lipinski definition) is 3. The Balaban J connectivity index is 2.12. The van der Waals surface area contributed by atoms with Crippen molar-refractivity contribution < 1.29 is 19.5 Å². The third kappa shape index (κ3) is 7.85. The Labute approximate surface area is 137 Å². The number of amides is 3. The van der Waals surface area contributed by atoms with E-state index in [-0.39, 0.29) is 18.5 Å². The van der Waals surface area contributed by atoms with Gasteiger partial charge >= 0.3 is 12.0 Å². The van der Waals surface area contributed by atoms with Crippen LogP contribution in [0.15, 0.2) is 0 Å². The van der Waals surface area contributed by atoms with Gasteiger partial charge in [0.2, 0.25) is 5.91 Å². The number of aliphatic carboxylic acids is 1. The third-order valence-corrected chi connectivity index (χ3v) is 4.24. The second-order valence-corrected chi connectivity index (χ2v) is 6.41. The molecule has 1 atom stereocenters. The number of hydrogen-bond acceptors (Lipinski definition) is 3. The lowest BCUT2D eigenvalue weighted by Crippen LogP contribution is -2.43. The van der Waals surface area contributed by atoms with E-state index in [4.69, 9.17) is 5.11 Å². The number of nitrogens with zero attached hydrogens (tertiary/aromatic N) is 1. The van der Waals surface area contributed by atoms with Crippen LogP contribution in [0.5, 0.6) is 0 Å². The Hall–Kier alpha value is -1.79. The normalized spacial score (nSPS) is 16.4. The van der Waals surface area contributed by atoms with E-state index >= 15 is 0 Å². The van der Waals surface area contributed by atoms with Gasteiger partial charge in [0, 0.05) is 33.1 Å². The highest BCUT2D eigenvalue weighted by Gasteiger charge is 2.18. The summed E-state index contributed by atoms with van der Waals surface area (Å²) in [7, 11) is 1.55. The summed E-state index contributed by atoms with van der Waals surface area (Å²) in [5.41, 5.74) is 0. The van der Waals surface area contributed by atoms with Gasteiger partial charge in [0.15, 0.2) is 0 Å². The molecule has 1 unspecified atom stereocenters. The van der Waals surface area contributed by atoms with Gasteiger partial charge in [0.1, 0.15) is 0 Å². The van der Waals surface area contributed by atoms with E-state index in [1.807, 2.05) is 0 Å². The van der Waals surface area contributed by atoms with Crippen molar-refractivity contribution in [1.82, 2.24) is 15.5 Å². The molecule has 0 aliphatic heterocycles. The molecule has 0 radical (unpaired) electrons. The molecule has 0 saturated heterocycles. The number of carboxylic acids is 1. The van der Waals surface area contributed by atoms with Gasteiger partial charge in [0.05, 0.1) is 5.92 Å². The van der Waals surface area contributed by atoms with Crippen LogP contribution in [0.2, 0.25) is 0 Å². The Morgan fingerprint density at radius 2 is 1.74 bits per heavy atom. The number of carbonyl (C=O) groups excluding carboxylic acids is 2. The van der Waals surface area contributed by atoms with Crippen LogP contribution in [0.3, 0.4) is 0 Å². The molecule has 1 aliphatic carbocycles. The van der Waals surface area contributed by atoms with Crippen molar-refractivity contribution in [2.45, 2.75) is 45.4 Å². The largest absolute Gasteiger partial charge is 0.481 e. The molecule has 1 fully saturated rings. The van der Waals surface area contributed by atoms with Crippen molar-refractivity contribution in [3.05, 3.63) is 0 Å². The molecule has 1 saturated carbocycles. The van der Waals surface area contributed by atoms with Crippen LogP contribution in [0, 0.1) is 11.8 Å². The monoisotopic (exact) mass is 327 g/mol. The highest BCUT2D eigenvalue weighted by molar-refractivity contribution is 5.77. The number of carbonyl (C=O) groups is 3. The number of rotatable bonds is 8. The molecule has 0 aromatic heterocycles. The summed E-state index contributed by atoms with van der Waals surface area (Å²) in [6.07, 6.45) is 6.56. The van der Waals surface area contributed by atoms with Crippen molar-refractivity contribution in [1.29, 1.82) is 0 Å². The molecule has 1 rings (SSSR count). The Kier molecular flexibility index (Phi) is 8.43. The average molecular weight is 327 g/mol. The van der Waals surface area contributed by atoms with Crippen LogP contribution < -0.4 is 10.6 Å². The van der Waals surface area contributed by atoms with Crippen LogP contribution in [-0.4, -0.2) is 54.6 Å². The van der Waals surface area contributed by atoms with Gasteiger partial charge in [-0.15, -0.1) is 0 Å². The molecule has 0 aromatic rings. The van der Waals surface area contributed by atoms with E-state index in [1.165, 1.54) is 24.2 Å². The molecular formula is C16H29N3O4. The lowest BCUT2D eigenvalue weighted by Gasteiger charge is -2.21. The molecule has 23 heavy (non-hydrogen) atoms. The summed E-state index contributed by atoms with van der Waals surface area (Å²) in [6, 6.07) is -0.334. The van der Waals surface area contributed by atoms with Crippen molar-refractivity contribution in [3.63, 3.8) is 0 Å². The fraction of sp³-hybridized carbons (Fsp3) is 0.812. The van der Waals surface area contributed by atoms with Crippen molar-refractivity contribution in [3.8, 4) is 0 Å². The summed E-state index contributed by atoms with van der Waals surface area (Å²) in [4.78, 5) is 35.7. The second-order valence-electron chi connectivity index (χ2n) is 6.41. The quantitative estimate of drug-likeness (QED) is 0.587. The van der Waals surface area contributed by atoms with Crippen LogP contribution in [0.4, 0.5) is 4.79 Å². The van der Waals surface area contributed by atoms with Crippen LogP contribution >= 0.6 is 0 Å². The molecule has 7 nitrogen and oxygen atoms in total.